The molecular formula is C18H18N2O4. The molecule has 0 radical (unpaired) electrons. The summed E-state index contributed by atoms with van der Waals surface area (Å²) in [7, 11) is 1.57. The van der Waals surface area contributed by atoms with Gasteiger partial charge in [-0.1, -0.05) is 24.3 Å². The molecule has 0 aliphatic rings. The summed E-state index contributed by atoms with van der Waals surface area (Å²) in [6.45, 7) is 0.114. The second-order valence-electron chi connectivity index (χ2n) is 5.17. The SMILES string of the molecule is COc1ccccc1OCc1nc2ccccc2c(=O)n1CCO. The summed E-state index contributed by atoms with van der Waals surface area (Å²) in [5, 5.41) is 9.78. The minimum atomic E-state index is -0.187. The molecule has 0 atom stereocenters. The van der Waals surface area contributed by atoms with E-state index in [2.05, 4.69) is 4.98 Å². The van der Waals surface area contributed by atoms with Gasteiger partial charge in [-0.05, 0) is 24.3 Å². The third kappa shape index (κ3) is 3.09. The van der Waals surface area contributed by atoms with Gasteiger partial charge in [0.25, 0.3) is 5.56 Å². The Balaban J connectivity index is 1.99. The lowest BCUT2D eigenvalue weighted by atomic mass is 10.2. The molecule has 0 saturated carbocycles. The van der Waals surface area contributed by atoms with E-state index in [1.54, 1.807) is 37.4 Å². The predicted molar refractivity (Wildman–Crippen MR) is 90.4 cm³/mol. The average Bonchev–Trinajstić information content (AvgIpc) is 2.63. The van der Waals surface area contributed by atoms with Crippen molar-refractivity contribution in [1.29, 1.82) is 0 Å². The zero-order valence-corrected chi connectivity index (χ0v) is 13.3. The van der Waals surface area contributed by atoms with Crippen LogP contribution >= 0.6 is 0 Å². The average molecular weight is 326 g/mol. The molecule has 2 aromatic carbocycles. The molecule has 0 amide bonds. The number of ether oxygens (including phenoxy) is 2. The molecule has 24 heavy (non-hydrogen) atoms. The molecule has 124 valence electrons. The number of para-hydroxylation sites is 3. The van der Waals surface area contributed by atoms with Crippen LogP contribution in [-0.2, 0) is 13.2 Å². The molecule has 1 N–H and O–H groups in total. The maximum atomic E-state index is 12.6. The molecule has 0 spiro atoms. The normalized spacial score (nSPS) is 10.8. The van der Waals surface area contributed by atoms with Crippen LogP contribution in [0.4, 0.5) is 0 Å². The van der Waals surface area contributed by atoms with Crippen LogP contribution in [0.15, 0.2) is 53.3 Å². The van der Waals surface area contributed by atoms with Crippen molar-refractivity contribution in [3.8, 4) is 11.5 Å². The van der Waals surface area contributed by atoms with E-state index in [4.69, 9.17) is 9.47 Å². The Hall–Kier alpha value is -2.86. The molecule has 6 nitrogen and oxygen atoms in total. The van der Waals surface area contributed by atoms with Gasteiger partial charge in [0, 0.05) is 0 Å². The number of hydrogen-bond acceptors (Lipinski definition) is 5. The molecule has 0 saturated heterocycles. The van der Waals surface area contributed by atoms with Gasteiger partial charge in [-0.25, -0.2) is 4.98 Å². The molecule has 1 heterocycles. The number of rotatable bonds is 6. The molecule has 3 rings (SSSR count). The number of aliphatic hydroxyl groups excluding tert-OH is 1. The van der Waals surface area contributed by atoms with Crippen molar-refractivity contribution < 1.29 is 14.6 Å². The van der Waals surface area contributed by atoms with Crippen molar-refractivity contribution in [2.75, 3.05) is 13.7 Å². The van der Waals surface area contributed by atoms with Crippen LogP contribution < -0.4 is 15.0 Å². The fraction of sp³-hybridized carbons (Fsp3) is 0.222. The predicted octanol–water partition coefficient (Wildman–Crippen LogP) is 1.98. The van der Waals surface area contributed by atoms with Gasteiger partial charge in [0.05, 0.1) is 31.2 Å². The number of aliphatic hydroxyl groups is 1. The second-order valence-corrected chi connectivity index (χ2v) is 5.17. The maximum absolute atomic E-state index is 12.6. The molecule has 0 unspecified atom stereocenters. The lowest BCUT2D eigenvalue weighted by molar-refractivity contribution is 0.248. The number of aromatic nitrogens is 2. The number of methoxy groups -OCH3 is 1. The zero-order chi connectivity index (χ0) is 16.9. The Kier molecular flexibility index (Phi) is 4.77. The van der Waals surface area contributed by atoms with Gasteiger partial charge in [-0.2, -0.15) is 0 Å². The molecule has 0 aliphatic heterocycles. The smallest absolute Gasteiger partial charge is 0.261 e. The van der Waals surface area contributed by atoms with E-state index < -0.39 is 0 Å². The van der Waals surface area contributed by atoms with Crippen LogP contribution in [-0.4, -0.2) is 28.4 Å². The Morgan fingerprint density at radius 1 is 1.08 bits per heavy atom. The summed E-state index contributed by atoms with van der Waals surface area (Å²) >= 11 is 0. The number of hydrogen-bond donors (Lipinski definition) is 1. The first-order chi connectivity index (χ1) is 11.7. The fourth-order valence-electron chi connectivity index (χ4n) is 2.54. The minimum Gasteiger partial charge on any atom is -0.493 e. The monoisotopic (exact) mass is 326 g/mol. The van der Waals surface area contributed by atoms with Crippen molar-refractivity contribution in [2.24, 2.45) is 0 Å². The first-order valence-corrected chi connectivity index (χ1v) is 7.59. The minimum absolute atomic E-state index is 0.0977. The van der Waals surface area contributed by atoms with Crippen molar-refractivity contribution >= 4 is 10.9 Å². The summed E-state index contributed by atoms with van der Waals surface area (Å²) < 4.78 is 12.5. The highest BCUT2D eigenvalue weighted by atomic mass is 16.5. The van der Waals surface area contributed by atoms with Crippen molar-refractivity contribution in [2.45, 2.75) is 13.2 Å². The highest BCUT2D eigenvalue weighted by molar-refractivity contribution is 5.77. The third-order valence-corrected chi connectivity index (χ3v) is 3.69. The van der Waals surface area contributed by atoms with Crippen LogP contribution in [0.1, 0.15) is 5.82 Å². The van der Waals surface area contributed by atoms with E-state index in [-0.39, 0.29) is 25.3 Å². The lowest BCUT2D eigenvalue weighted by Crippen LogP contribution is -2.27. The van der Waals surface area contributed by atoms with E-state index in [9.17, 15) is 9.90 Å². The quantitative estimate of drug-likeness (QED) is 0.750. The van der Waals surface area contributed by atoms with Crippen molar-refractivity contribution in [3.05, 3.63) is 64.7 Å². The van der Waals surface area contributed by atoms with Gasteiger partial charge in [0.15, 0.2) is 11.5 Å². The Morgan fingerprint density at radius 3 is 2.54 bits per heavy atom. The van der Waals surface area contributed by atoms with E-state index in [1.165, 1.54) is 4.57 Å². The summed E-state index contributed by atoms with van der Waals surface area (Å²) in [6, 6.07) is 14.4. The lowest BCUT2D eigenvalue weighted by Gasteiger charge is -2.14. The molecule has 6 heteroatoms. The van der Waals surface area contributed by atoms with Crippen LogP contribution in [0, 0.1) is 0 Å². The van der Waals surface area contributed by atoms with Gasteiger partial charge >= 0.3 is 0 Å². The van der Waals surface area contributed by atoms with E-state index in [0.717, 1.165) is 0 Å². The first kappa shape index (κ1) is 16.0. The topological polar surface area (TPSA) is 73.6 Å². The van der Waals surface area contributed by atoms with Crippen LogP contribution in [0.2, 0.25) is 0 Å². The summed E-state index contributed by atoms with van der Waals surface area (Å²) in [6.07, 6.45) is 0. The summed E-state index contributed by atoms with van der Waals surface area (Å²) in [5.74, 6) is 1.63. The largest absolute Gasteiger partial charge is 0.493 e. The highest BCUT2D eigenvalue weighted by Crippen LogP contribution is 2.26. The molecule has 0 bridgehead atoms. The number of nitrogens with zero attached hydrogens (tertiary/aromatic N) is 2. The van der Waals surface area contributed by atoms with Crippen LogP contribution in [0.25, 0.3) is 10.9 Å². The van der Waals surface area contributed by atoms with E-state index in [1.807, 2.05) is 18.2 Å². The third-order valence-electron chi connectivity index (χ3n) is 3.69. The molecule has 0 fully saturated rings. The highest BCUT2D eigenvalue weighted by Gasteiger charge is 2.12. The molecule has 3 aromatic rings. The van der Waals surface area contributed by atoms with Crippen molar-refractivity contribution in [1.82, 2.24) is 9.55 Å². The van der Waals surface area contributed by atoms with Gasteiger partial charge in [-0.15, -0.1) is 0 Å². The maximum Gasteiger partial charge on any atom is 0.261 e. The number of fused-ring (bicyclic) bond motifs is 1. The van der Waals surface area contributed by atoms with Gasteiger partial charge < -0.3 is 14.6 Å². The second kappa shape index (κ2) is 7.14. The first-order valence-electron chi connectivity index (χ1n) is 7.59. The Labute approximate surface area is 138 Å². The Bertz CT molecular complexity index is 905. The number of benzene rings is 2. The summed E-state index contributed by atoms with van der Waals surface area (Å²) in [4.78, 5) is 17.1. The summed E-state index contributed by atoms with van der Waals surface area (Å²) in [5.41, 5.74) is 0.420. The molecule has 1 aromatic heterocycles. The van der Waals surface area contributed by atoms with Crippen LogP contribution in [0.5, 0.6) is 11.5 Å². The van der Waals surface area contributed by atoms with Gasteiger partial charge in [0.2, 0.25) is 0 Å². The Morgan fingerprint density at radius 2 is 1.79 bits per heavy atom. The fourth-order valence-corrected chi connectivity index (χ4v) is 2.54. The van der Waals surface area contributed by atoms with Crippen LogP contribution in [0.3, 0.4) is 0 Å². The van der Waals surface area contributed by atoms with Gasteiger partial charge in [-0.3, -0.25) is 9.36 Å². The van der Waals surface area contributed by atoms with E-state index >= 15 is 0 Å². The van der Waals surface area contributed by atoms with E-state index in [0.29, 0.717) is 28.2 Å². The standard InChI is InChI=1S/C18H18N2O4/c1-23-15-8-4-5-9-16(15)24-12-17-19-14-7-3-2-6-13(14)18(22)20(17)10-11-21/h2-9,21H,10-12H2,1H3. The van der Waals surface area contributed by atoms with Gasteiger partial charge in [0.1, 0.15) is 12.4 Å². The molecular weight excluding hydrogens is 308 g/mol. The zero-order valence-electron chi connectivity index (χ0n) is 13.3. The van der Waals surface area contributed by atoms with Crippen molar-refractivity contribution in [3.63, 3.8) is 0 Å². The molecule has 0 aliphatic carbocycles.